The highest BCUT2D eigenvalue weighted by atomic mass is 32.2. The third-order valence-electron chi connectivity index (χ3n) is 3.26. The van der Waals surface area contributed by atoms with E-state index in [1.54, 1.807) is 0 Å². The molecular formula is C14H21NOS. The first-order valence-electron chi connectivity index (χ1n) is 6.29. The molecule has 0 aromatic heterocycles. The van der Waals surface area contributed by atoms with Crippen molar-refractivity contribution in [3.8, 4) is 0 Å². The van der Waals surface area contributed by atoms with Crippen LogP contribution in [0.4, 0.5) is 0 Å². The molecule has 1 aromatic rings. The first-order chi connectivity index (χ1) is 8.29. The van der Waals surface area contributed by atoms with E-state index in [1.165, 1.54) is 4.90 Å². The van der Waals surface area contributed by atoms with E-state index >= 15 is 0 Å². The minimum atomic E-state index is 0.287. The fraction of sp³-hybridized carbons (Fsp3) is 0.571. The number of rotatable bonds is 5. The zero-order valence-corrected chi connectivity index (χ0v) is 11.3. The summed E-state index contributed by atoms with van der Waals surface area (Å²) in [6.45, 7) is 5.17. The molecule has 1 aliphatic heterocycles. The fourth-order valence-corrected chi connectivity index (χ4v) is 2.83. The maximum absolute atomic E-state index is 5.40. The lowest BCUT2D eigenvalue weighted by molar-refractivity contribution is 0.0462. The third kappa shape index (κ3) is 4.34. The molecule has 94 valence electrons. The number of hydrogen-bond acceptors (Lipinski definition) is 3. The highest BCUT2D eigenvalue weighted by molar-refractivity contribution is 7.99. The van der Waals surface area contributed by atoms with Crippen molar-refractivity contribution < 1.29 is 4.74 Å². The molecule has 3 heteroatoms. The van der Waals surface area contributed by atoms with Crippen LogP contribution in [0, 0.1) is 0 Å². The summed E-state index contributed by atoms with van der Waals surface area (Å²) in [5, 5.41) is 3.67. The molecule has 2 nitrogen and oxygen atoms in total. The summed E-state index contributed by atoms with van der Waals surface area (Å²) in [4.78, 5) is 1.35. The summed E-state index contributed by atoms with van der Waals surface area (Å²) in [6, 6.07) is 10.6. The number of nitrogens with one attached hydrogen (secondary N) is 1. The Bertz CT molecular complexity index is 322. The minimum Gasteiger partial charge on any atom is -0.381 e. The molecule has 1 aliphatic rings. The molecule has 0 saturated carbocycles. The van der Waals surface area contributed by atoms with Crippen molar-refractivity contribution in [3.05, 3.63) is 30.3 Å². The van der Waals surface area contributed by atoms with Crippen LogP contribution in [0.5, 0.6) is 0 Å². The molecule has 0 unspecified atom stereocenters. The second-order valence-electron chi connectivity index (χ2n) is 4.76. The van der Waals surface area contributed by atoms with Gasteiger partial charge in [0.15, 0.2) is 0 Å². The lowest BCUT2D eigenvalue weighted by atomic mass is 9.93. The van der Waals surface area contributed by atoms with Crippen molar-refractivity contribution in [1.29, 1.82) is 0 Å². The van der Waals surface area contributed by atoms with Crippen LogP contribution in [0.2, 0.25) is 0 Å². The Balaban J connectivity index is 1.66. The van der Waals surface area contributed by atoms with Crippen molar-refractivity contribution in [1.82, 2.24) is 5.32 Å². The van der Waals surface area contributed by atoms with E-state index in [4.69, 9.17) is 4.74 Å². The number of ether oxygens (including phenoxy) is 1. The van der Waals surface area contributed by atoms with E-state index in [0.29, 0.717) is 0 Å². The van der Waals surface area contributed by atoms with Crippen molar-refractivity contribution in [2.24, 2.45) is 0 Å². The van der Waals surface area contributed by atoms with E-state index in [0.717, 1.165) is 38.4 Å². The molecule has 1 saturated heterocycles. The highest BCUT2D eigenvalue weighted by Crippen LogP contribution is 2.20. The standard InChI is InChI=1S/C14H21NOS/c1-14(7-10-16-11-8-14)15-9-12-17-13-5-3-2-4-6-13/h2-6,15H,7-12H2,1H3. The van der Waals surface area contributed by atoms with Gasteiger partial charge >= 0.3 is 0 Å². The smallest absolute Gasteiger partial charge is 0.0483 e. The van der Waals surface area contributed by atoms with Gasteiger partial charge in [-0.2, -0.15) is 0 Å². The predicted octanol–water partition coefficient (Wildman–Crippen LogP) is 2.94. The van der Waals surface area contributed by atoms with Crippen LogP contribution < -0.4 is 5.32 Å². The molecule has 1 heterocycles. The van der Waals surface area contributed by atoms with Gasteiger partial charge in [0.05, 0.1) is 0 Å². The van der Waals surface area contributed by atoms with Gasteiger partial charge in [-0.15, -0.1) is 11.8 Å². The van der Waals surface area contributed by atoms with E-state index in [9.17, 15) is 0 Å². The fourth-order valence-electron chi connectivity index (χ4n) is 2.04. The van der Waals surface area contributed by atoms with Crippen LogP contribution in [-0.4, -0.2) is 31.1 Å². The molecule has 0 spiro atoms. The topological polar surface area (TPSA) is 21.3 Å². The van der Waals surface area contributed by atoms with Gasteiger partial charge in [-0.25, -0.2) is 0 Å². The Kier molecular flexibility index (Phi) is 4.89. The Morgan fingerprint density at radius 3 is 2.65 bits per heavy atom. The summed E-state index contributed by atoms with van der Waals surface area (Å²) in [6.07, 6.45) is 2.26. The van der Waals surface area contributed by atoms with Crippen molar-refractivity contribution in [2.45, 2.75) is 30.2 Å². The van der Waals surface area contributed by atoms with Gasteiger partial charge in [-0.3, -0.25) is 0 Å². The summed E-state index contributed by atoms with van der Waals surface area (Å²) >= 11 is 1.91. The van der Waals surface area contributed by atoms with Gasteiger partial charge in [-0.05, 0) is 31.9 Å². The van der Waals surface area contributed by atoms with Crippen LogP contribution in [-0.2, 0) is 4.74 Å². The average molecular weight is 251 g/mol. The maximum atomic E-state index is 5.40. The van der Waals surface area contributed by atoms with Crippen LogP contribution in [0.15, 0.2) is 35.2 Å². The van der Waals surface area contributed by atoms with Gasteiger partial charge in [0.25, 0.3) is 0 Å². The Morgan fingerprint density at radius 1 is 1.24 bits per heavy atom. The summed E-state index contributed by atoms with van der Waals surface area (Å²) < 4.78 is 5.40. The van der Waals surface area contributed by atoms with Crippen molar-refractivity contribution >= 4 is 11.8 Å². The molecule has 17 heavy (non-hydrogen) atoms. The zero-order valence-electron chi connectivity index (χ0n) is 10.4. The molecule has 1 fully saturated rings. The summed E-state index contributed by atoms with van der Waals surface area (Å²) in [5.74, 6) is 1.13. The Hall–Kier alpha value is -0.510. The second-order valence-corrected chi connectivity index (χ2v) is 5.93. The maximum Gasteiger partial charge on any atom is 0.0483 e. The van der Waals surface area contributed by atoms with Gasteiger partial charge < -0.3 is 10.1 Å². The summed E-state index contributed by atoms with van der Waals surface area (Å²) in [7, 11) is 0. The number of thioether (sulfide) groups is 1. The van der Waals surface area contributed by atoms with Crippen LogP contribution in [0.1, 0.15) is 19.8 Å². The van der Waals surface area contributed by atoms with Crippen LogP contribution in [0.25, 0.3) is 0 Å². The Labute approximate surface area is 108 Å². The third-order valence-corrected chi connectivity index (χ3v) is 4.28. The minimum absolute atomic E-state index is 0.287. The predicted molar refractivity (Wildman–Crippen MR) is 73.6 cm³/mol. The molecule has 0 atom stereocenters. The SMILES string of the molecule is CC1(NCCSc2ccccc2)CCOCC1. The first-order valence-corrected chi connectivity index (χ1v) is 7.28. The van der Waals surface area contributed by atoms with E-state index in [2.05, 4.69) is 42.6 Å². The molecule has 0 radical (unpaired) electrons. The first kappa shape index (κ1) is 12.9. The molecule has 1 N–H and O–H groups in total. The highest BCUT2D eigenvalue weighted by Gasteiger charge is 2.25. The number of hydrogen-bond donors (Lipinski definition) is 1. The van der Waals surface area contributed by atoms with Crippen LogP contribution in [0.3, 0.4) is 0 Å². The van der Waals surface area contributed by atoms with E-state index in [-0.39, 0.29) is 5.54 Å². The normalized spacial score (nSPS) is 19.1. The van der Waals surface area contributed by atoms with Gasteiger partial charge in [0, 0.05) is 35.9 Å². The lowest BCUT2D eigenvalue weighted by Crippen LogP contribution is -2.47. The van der Waals surface area contributed by atoms with Crippen molar-refractivity contribution in [2.75, 3.05) is 25.5 Å². The second kappa shape index (κ2) is 6.43. The molecule has 0 bridgehead atoms. The zero-order chi connectivity index (χ0) is 12.0. The molecular weight excluding hydrogens is 230 g/mol. The van der Waals surface area contributed by atoms with Crippen LogP contribution >= 0.6 is 11.8 Å². The average Bonchev–Trinajstić information content (AvgIpc) is 2.37. The van der Waals surface area contributed by atoms with Gasteiger partial charge in [-0.1, -0.05) is 18.2 Å². The van der Waals surface area contributed by atoms with Gasteiger partial charge in [0.2, 0.25) is 0 Å². The molecule has 0 amide bonds. The molecule has 0 aliphatic carbocycles. The summed E-state index contributed by atoms with van der Waals surface area (Å²) in [5.41, 5.74) is 0.287. The number of benzene rings is 1. The largest absolute Gasteiger partial charge is 0.381 e. The lowest BCUT2D eigenvalue weighted by Gasteiger charge is -2.34. The monoisotopic (exact) mass is 251 g/mol. The Morgan fingerprint density at radius 2 is 1.94 bits per heavy atom. The molecule has 1 aromatic carbocycles. The van der Waals surface area contributed by atoms with E-state index in [1.807, 2.05) is 11.8 Å². The van der Waals surface area contributed by atoms with E-state index < -0.39 is 0 Å². The molecule has 2 rings (SSSR count). The van der Waals surface area contributed by atoms with Gasteiger partial charge in [0.1, 0.15) is 0 Å². The van der Waals surface area contributed by atoms with Crippen molar-refractivity contribution in [3.63, 3.8) is 0 Å². The quantitative estimate of drug-likeness (QED) is 0.642.